The van der Waals surface area contributed by atoms with E-state index in [1.54, 1.807) is 12.1 Å². The Kier molecular flexibility index (Phi) is 10.7. The van der Waals surface area contributed by atoms with Gasteiger partial charge in [-0.05, 0) is 64.9 Å². The maximum Gasteiger partial charge on any atom is 0.343 e. The third-order valence-corrected chi connectivity index (χ3v) is 8.35. The number of hydrogen-bond acceptors (Lipinski definition) is 9. The number of ether oxygens (including phenoxy) is 4. The Morgan fingerprint density at radius 2 is 1.85 bits per heavy atom. The average Bonchev–Trinajstić information content (AvgIpc) is 3.37. The van der Waals surface area contributed by atoms with Crippen LogP contribution in [0.3, 0.4) is 0 Å². The van der Waals surface area contributed by atoms with Crippen molar-refractivity contribution in [3.8, 4) is 17.2 Å². The highest BCUT2D eigenvalue weighted by Crippen LogP contribution is 2.45. The van der Waals surface area contributed by atoms with Crippen LogP contribution in [-0.2, 0) is 14.3 Å². The molecule has 8 nitrogen and oxygen atoms in total. The van der Waals surface area contributed by atoms with Crippen LogP contribution in [0.1, 0.15) is 22.6 Å². The van der Waals surface area contributed by atoms with Gasteiger partial charge in [-0.25, -0.2) is 10.2 Å². The molecule has 0 aromatic heterocycles. The van der Waals surface area contributed by atoms with Gasteiger partial charge in [-0.15, -0.1) is 23.5 Å². The zero-order valence-electron chi connectivity index (χ0n) is 18.7. The molecule has 0 saturated carbocycles. The molecule has 3 rings (SSSR count). The standard InChI is InChI=1S/C23H25IN2O6S2/c1-3-30-19-11-15(10-18(24)22(19)32-14-21(28)29-2)12-25-26-20(27)13-31-17-6-4-16(5-7-17)23-33-8-9-34-23/h4-7,10-12,23H,3,8-9,13-14H2,1-2H3,(H,26,27)/b25-12-. The Morgan fingerprint density at radius 1 is 1.12 bits per heavy atom. The molecule has 1 aliphatic rings. The van der Waals surface area contributed by atoms with Crippen LogP contribution >= 0.6 is 46.1 Å². The van der Waals surface area contributed by atoms with Gasteiger partial charge >= 0.3 is 5.97 Å². The van der Waals surface area contributed by atoms with Crippen LogP contribution in [0.2, 0.25) is 0 Å². The molecule has 1 aliphatic heterocycles. The molecule has 0 bridgehead atoms. The van der Waals surface area contributed by atoms with E-state index < -0.39 is 5.97 Å². The van der Waals surface area contributed by atoms with Crippen molar-refractivity contribution in [2.75, 3.05) is 38.4 Å². The van der Waals surface area contributed by atoms with E-state index in [9.17, 15) is 9.59 Å². The lowest BCUT2D eigenvalue weighted by Gasteiger charge is -2.14. The molecular weight excluding hydrogens is 591 g/mol. The Balaban J connectivity index is 1.52. The normalized spacial score (nSPS) is 13.6. The number of methoxy groups -OCH3 is 1. The van der Waals surface area contributed by atoms with Crippen molar-refractivity contribution in [2.45, 2.75) is 11.5 Å². The fraction of sp³-hybridized carbons (Fsp3) is 0.348. The monoisotopic (exact) mass is 616 g/mol. The molecule has 1 N–H and O–H groups in total. The number of carbonyl (C=O) groups is 2. The summed E-state index contributed by atoms with van der Waals surface area (Å²) in [6, 6.07) is 11.4. The first-order chi connectivity index (χ1) is 16.5. The third-order valence-electron chi connectivity index (χ3n) is 4.44. The van der Waals surface area contributed by atoms with Gasteiger partial charge in [0, 0.05) is 11.5 Å². The predicted octanol–water partition coefficient (Wildman–Crippen LogP) is 4.25. The summed E-state index contributed by atoms with van der Waals surface area (Å²) in [4.78, 5) is 23.5. The highest BCUT2D eigenvalue weighted by molar-refractivity contribution is 14.1. The number of amides is 1. The van der Waals surface area contributed by atoms with Crippen molar-refractivity contribution >= 4 is 64.2 Å². The lowest BCUT2D eigenvalue weighted by atomic mass is 10.2. The lowest BCUT2D eigenvalue weighted by molar-refractivity contribution is -0.143. The second-order valence-electron chi connectivity index (χ2n) is 6.85. The first-order valence-electron chi connectivity index (χ1n) is 10.4. The summed E-state index contributed by atoms with van der Waals surface area (Å²) in [5.41, 5.74) is 4.41. The molecule has 1 amide bonds. The van der Waals surface area contributed by atoms with Crippen LogP contribution in [0.15, 0.2) is 41.5 Å². The zero-order valence-corrected chi connectivity index (χ0v) is 22.5. The van der Waals surface area contributed by atoms with Crippen molar-refractivity contribution in [3.63, 3.8) is 0 Å². The summed E-state index contributed by atoms with van der Waals surface area (Å²) in [5, 5.41) is 4.00. The molecule has 2 aromatic rings. The molecule has 34 heavy (non-hydrogen) atoms. The SMILES string of the molecule is CCOc1cc(/C=N\NC(=O)COc2ccc(C3SCCS3)cc2)cc(I)c1OCC(=O)OC. The first-order valence-corrected chi connectivity index (χ1v) is 13.6. The van der Waals surface area contributed by atoms with Gasteiger partial charge in [0.25, 0.3) is 5.91 Å². The molecule has 0 atom stereocenters. The second kappa shape index (κ2) is 13.7. The topological polar surface area (TPSA) is 95.5 Å². The van der Waals surface area contributed by atoms with Crippen molar-refractivity contribution in [1.82, 2.24) is 5.43 Å². The molecule has 1 saturated heterocycles. The van der Waals surface area contributed by atoms with Crippen LogP contribution in [0.4, 0.5) is 0 Å². The summed E-state index contributed by atoms with van der Waals surface area (Å²) in [6.07, 6.45) is 1.50. The predicted molar refractivity (Wildman–Crippen MR) is 143 cm³/mol. The molecule has 0 spiro atoms. The minimum absolute atomic E-state index is 0.147. The zero-order chi connectivity index (χ0) is 24.3. The molecular formula is C23H25IN2O6S2. The number of rotatable bonds is 11. The fourth-order valence-electron chi connectivity index (χ4n) is 2.89. The summed E-state index contributed by atoms with van der Waals surface area (Å²) in [7, 11) is 1.30. The van der Waals surface area contributed by atoms with Crippen molar-refractivity contribution < 1.29 is 28.5 Å². The van der Waals surface area contributed by atoms with Crippen LogP contribution in [0.25, 0.3) is 0 Å². The van der Waals surface area contributed by atoms with Crippen molar-refractivity contribution in [1.29, 1.82) is 0 Å². The van der Waals surface area contributed by atoms with Gasteiger partial charge in [-0.2, -0.15) is 5.10 Å². The Hall–Kier alpha value is -2.12. The number of hydrazone groups is 1. The minimum Gasteiger partial charge on any atom is -0.490 e. The van der Waals surface area contributed by atoms with Gasteiger partial charge in [0.2, 0.25) is 0 Å². The van der Waals surface area contributed by atoms with Gasteiger partial charge in [0.15, 0.2) is 24.7 Å². The number of nitrogens with one attached hydrogen (secondary N) is 1. The minimum atomic E-state index is -0.489. The second-order valence-corrected chi connectivity index (χ2v) is 10.7. The fourth-order valence-corrected chi connectivity index (χ4v) is 6.53. The highest BCUT2D eigenvalue weighted by atomic mass is 127. The summed E-state index contributed by atoms with van der Waals surface area (Å²) < 4.78 is 22.5. The number of thioether (sulfide) groups is 2. The Morgan fingerprint density at radius 3 is 2.53 bits per heavy atom. The maximum absolute atomic E-state index is 12.1. The molecule has 1 heterocycles. The van der Waals surface area contributed by atoms with E-state index >= 15 is 0 Å². The number of esters is 1. The van der Waals surface area contributed by atoms with Crippen molar-refractivity contribution in [3.05, 3.63) is 51.1 Å². The van der Waals surface area contributed by atoms with E-state index in [2.05, 4.69) is 37.9 Å². The van der Waals surface area contributed by atoms with Gasteiger partial charge < -0.3 is 18.9 Å². The molecule has 182 valence electrons. The number of carbonyl (C=O) groups excluding carboxylic acids is 2. The molecule has 2 aromatic carbocycles. The van der Waals surface area contributed by atoms with Crippen LogP contribution in [0.5, 0.6) is 17.2 Å². The smallest absolute Gasteiger partial charge is 0.343 e. The van der Waals surface area contributed by atoms with Gasteiger partial charge in [0.1, 0.15) is 5.75 Å². The Bertz CT molecular complexity index is 1010. The molecule has 0 unspecified atom stereocenters. The summed E-state index contributed by atoms with van der Waals surface area (Å²) in [6.45, 7) is 1.89. The van der Waals surface area contributed by atoms with Crippen LogP contribution in [-0.4, -0.2) is 56.5 Å². The van der Waals surface area contributed by atoms with Crippen LogP contribution < -0.4 is 19.6 Å². The van der Waals surface area contributed by atoms with Crippen molar-refractivity contribution in [2.24, 2.45) is 5.10 Å². The summed E-state index contributed by atoms with van der Waals surface area (Å²) in [5.74, 6) is 3.03. The quantitative estimate of drug-likeness (QED) is 0.173. The number of benzene rings is 2. The largest absolute Gasteiger partial charge is 0.490 e. The van der Waals surface area contributed by atoms with Gasteiger partial charge in [0.05, 0.1) is 28.1 Å². The van der Waals surface area contributed by atoms with E-state index in [-0.39, 0.29) is 19.1 Å². The number of hydrogen-bond donors (Lipinski definition) is 1. The third kappa shape index (κ3) is 7.98. The number of nitrogens with zero attached hydrogens (tertiary/aromatic N) is 1. The van der Waals surface area contributed by atoms with E-state index in [4.69, 9.17) is 14.2 Å². The molecule has 0 aliphatic carbocycles. The van der Waals surface area contributed by atoms with E-state index in [0.29, 0.717) is 34.0 Å². The molecule has 11 heteroatoms. The van der Waals surface area contributed by atoms with E-state index in [1.807, 2.05) is 54.7 Å². The molecule has 0 radical (unpaired) electrons. The maximum atomic E-state index is 12.1. The number of halogens is 1. The first kappa shape index (κ1) is 26.5. The summed E-state index contributed by atoms with van der Waals surface area (Å²) >= 11 is 5.97. The highest BCUT2D eigenvalue weighted by Gasteiger charge is 2.18. The lowest BCUT2D eigenvalue weighted by Crippen LogP contribution is -2.24. The van der Waals surface area contributed by atoms with Gasteiger partial charge in [-0.1, -0.05) is 12.1 Å². The molecule has 1 fully saturated rings. The van der Waals surface area contributed by atoms with E-state index in [0.717, 1.165) is 3.57 Å². The average molecular weight is 616 g/mol. The van der Waals surface area contributed by atoms with Crippen LogP contribution in [0, 0.1) is 3.57 Å². The Labute approximate surface area is 220 Å². The van der Waals surface area contributed by atoms with Gasteiger partial charge in [-0.3, -0.25) is 4.79 Å². The van der Waals surface area contributed by atoms with E-state index in [1.165, 1.54) is 30.4 Å².